The van der Waals surface area contributed by atoms with E-state index >= 15 is 0 Å². The summed E-state index contributed by atoms with van der Waals surface area (Å²) in [6.45, 7) is 2.49. The van der Waals surface area contributed by atoms with E-state index in [0.717, 1.165) is 25.7 Å². The average Bonchev–Trinajstić information content (AvgIpc) is 3.12. The van der Waals surface area contributed by atoms with Crippen LogP contribution in [0.1, 0.15) is 39.0 Å². The summed E-state index contributed by atoms with van der Waals surface area (Å²) in [7, 11) is -3.30. The zero-order chi connectivity index (χ0) is 13.2. The van der Waals surface area contributed by atoms with Crippen LogP contribution in [0.5, 0.6) is 0 Å². The summed E-state index contributed by atoms with van der Waals surface area (Å²) >= 11 is 0. The Morgan fingerprint density at radius 3 is 2.61 bits per heavy atom. The fourth-order valence-electron chi connectivity index (χ4n) is 2.39. The number of rotatable bonds is 5. The topological polar surface area (TPSA) is 63.7 Å². The minimum atomic E-state index is -3.30. The van der Waals surface area contributed by atoms with E-state index in [4.69, 9.17) is 4.74 Å². The van der Waals surface area contributed by atoms with Crippen LogP contribution in [0.4, 0.5) is 0 Å². The zero-order valence-corrected chi connectivity index (χ0v) is 11.6. The molecule has 104 valence electrons. The Hall–Kier alpha value is -0.620. The Morgan fingerprint density at radius 2 is 2.00 bits per heavy atom. The average molecular weight is 275 g/mol. The van der Waals surface area contributed by atoms with Crippen LogP contribution >= 0.6 is 0 Å². The molecule has 18 heavy (non-hydrogen) atoms. The standard InChI is InChI=1S/C12H21NO4S/c1-2-17-12(14)11-5-3-4-8-13(11)18(15,16)9-10-6-7-10/h10-11H,2-9H2,1H3. The zero-order valence-electron chi connectivity index (χ0n) is 10.8. The number of hydrogen-bond acceptors (Lipinski definition) is 4. The summed E-state index contributed by atoms with van der Waals surface area (Å²) in [6, 6.07) is -0.595. The molecule has 2 rings (SSSR count). The molecular formula is C12H21NO4S. The van der Waals surface area contributed by atoms with Crippen LogP contribution in [0.2, 0.25) is 0 Å². The lowest BCUT2D eigenvalue weighted by Crippen LogP contribution is -2.49. The molecule has 1 heterocycles. The Morgan fingerprint density at radius 1 is 1.28 bits per heavy atom. The van der Waals surface area contributed by atoms with Crippen molar-refractivity contribution in [2.24, 2.45) is 5.92 Å². The van der Waals surface area contributed by atoms with E-state index in [-0.39, 0.29) is 5.75 Å². The first kappa shape index (κ1) is 13.8. The third-order valence-electron chi connectivity index (χ3n) is 3.51. The van der Waals surface area contributed by atoms with Crippen LogP contribution in [-0.4, -0.2) is 43.6 Å². The molecule has 0 aromatic rings. The van der Waals surface area contributed by atoms with Gasteiger partial charge in [-0.3, -0.25) is 4.79 Å². The highest BCUT2D eigenvalue weighted by molar-refractivity contribution is 7.89. The van der Waals surface area contributed by atoms with Crippen molar-refractivity contribution in [3.05, 3.63) is 0 Å². The second-order valence-corrected chi connectivity index (χ2v) is 7.06. The van der Waals surface area contributed by atoms with Crippen molar-refractivity contribution >= 4 is 16.0 Å². The molecule has 0 bridgehead atoms. The predicted octanol–water partition coefficient (Wildman–Crippen LogP) is 1.14. The third kappa shape index (κ3) is 3.23. The second-order valence-electron chi connectivity index (χ2n) is 5.10. The van der Waals surface area contributed by atoms with E-state index in [1.807, 2.05) is 0 Å². The van der Waals surface area contributed by atoms with Crippen molar-refractivity contribution in [2.45, 2.75) is 45.1 Å². The SMILES string of the molecule is CCOC(=O)C1CCCCN1S(=O)(=O)CC1CC1. The van der Waals surface area contributed by atoms with E-state index < -0.39 is 22.0 Å². The molecule has 0 amide bonds. The number of carbonyl (C=O) groups is 1. The maximum atomic E-state index is 12.3. The summed E-state index contributed by atoms with van der Waals surface area (Å²) in [6.07, 6.45) is 4.30. The van der Waals surface area contributed by atoms with Crippen molar-refractivity contribution in [3.8, 4) is 0 Å². The maximum Gasteiger partial charge on any atom is 0.324 e. The third-order valence-corrected chi connectivity index (χ3v) is 5.56. The fraction of sp³-hybridized carbons (Fsp3) is 0.917. The van der Waals surface area contributed by atoms with Gasteiger partial charge in [0.1, 0.15) is 6.04 Å². The van der Waals surface area contributed by atoms with Gasteiger partial charge in [-0.15, -0.1) is 0 Å². The van der Waals surface area contributed by atoms with Crippen LogP contribution < -0.4 is 0 Å². The minimum absolute atomic E-state index is 0.197. The number of carbonyl (C=O) groups excluding carboxylic acids is 1. The quantitative estimate of drug-likeness (QED) is 0.706. The number of hydrogen-bond donors (Lipinski definition) is 0. The number of piperidine rings is 1. The Balaban J connectivity index is 2.08. The molecule has 0 radical (unpaired) electrons. The van der Waals surface area contributed by atoms with Gasteiger partial charge in [-0.2, -0.15) is 4.31 Å². The molecule has 0 N–H and O–H groups in total. The highest BCUT2D eigenvalue weighted by Crippen LogP contribution is 2.32. The van der Waals surface area contributed by atoms with Crippen molar-refractivity contribution in [3.63, 3.8) is 0 Å². The van der Waals surface area contributed by atoms with Gasteiger partial charge in [0.2, 0.25) is 10.0 Å². The molecule has 6 heteroatoms. The number of nitrogens with zero attached hydrogens (tertiary/aromatic N) is 1. The summed E-state index contributed by atoms with van der Waals surface area (Å²) in [5.74, 6) is 0.111. The molecule has 0 spiro atoms. The van der Waals surface area contributed by atoms with Crippen LogP contribution in [-0.2, 0) is 19.6 Å². The van der Waals surface area contributed by atoms with Gasteiger partial charge < -0.3 is 4.74 Å². The molecule has 5 nitrogen and oxygen atoms in total. The van der Waals surface area contributed by atoms with Gasteiger partial charge in [0.25, 0.3) is 0 Å². The first-order chi connectivity index (χ1) is 8.54. The molecule has 2 fully saturated rings. The van der Waals surface area contributed by atoms with Gasteiger partial charge in [-0.05, 0) is 44.9 Å². The monoisotopic (exact) mass is 275 g/mol. The largest absolute Gasteiger partial charge is 0.465 e. The first-order valence-electron chi connectivity index (χ1n) is 6.70. The normalized spacial score (nSPS) is 25.9. The van der Waals surface area contributed by atoms with E-state index in [1.54, 1.807) is 6.92 Å². The molecule has 0 aromatic carbocycles. The first-order valence-corrected chi connectivity index (χ1v) is 8.31. The highest BCUT2D eigenvalue weighted by Gasteiger charge is 2.40. The maximum absolute atomic E-state index is 12.3. The lowest BCUT2D eigenvalue weighted by molar-refractivity contribution is -0.148. The summed E-state index contributed by atoms with van der Waals surface area (Å²) < 4.78 is 30.9. The van der Waals surface area contributed by atoms with Gasteiger partial charge in [-0.1, -0.05) is 0 Å². The Bertz CT molecular complexity index is 402. The van der Waals surface area contributed by atoms with E-state index in [2.05, 4.69) is 0 Å². The molecular weight excluding hydrogens is 254 g/mol. The number of esters is 1. The Kier molecular flexibility index (Phi) is 4.27. The van der Waals surface area contributed by atoms with Crippen LogP contribution in [0.15, 0.2) is 0 Å². The molecule has 1 atom stereocenters. The van der Waals surface area contributed by atoms with Crippen molar-refractivity contribution < 1.29 is 17.9 Å². The van der Waals surface area contributed by atoms with Crippen LogP contribution in [0, 0.1) is 5.92 Å². The van der Waals surface area contributed by atoms with Gasteiger partial charge in [-0.25, -0.2) is 8.42 Å². The summed E-state index contributed by atoms with van der Waals surface area (Å²) in [5, 5.41) is 0. The highest BCUT2D eigenvalue weighted by atomic mass is 32.2. The lowest BCUT2D eigenvalue weighted by atomic mass is 10.1. The molecule has 1 unspecified atom stereocenters. The van der Waals surface area contributed by atoms with Crippen molar-refractivity contribution in [2.75, 3.05) is 18.9 Å². The molecule has 0 aromatic heterocycles. The van der Waals surface area contributed by atoms with Gasteiger partial charge in [0.05, 0.1) is 12.4 Å². The predicted molar refractivity (Wildman–Crippen MR) is 67.5 cm³/mol. The van der Waals surface area contributed by atoms with Crippen molar-refractivity contribution in [1.82, 2.24) is 4.31 Å². The number of sulfonamides is 1. The van der Waals surface area contributed by atoms with E-state index in [0.29, 0.717) is 25.5 Å². The van der Waals surface area contributed by atoms with Gasteiger partial charge in [0, 0.05) is 6.54 Å². The van der Waals surface area contributed by atoms with Crippen molar-refractivity contribution in [1.29, 1.82) is 0 Å². The smallest absolute Gasteiger partial charge is 0.324 e. The molecule has 1 saturated heterocycles. The molecule has 1 aliphatic heterocycles. The lowest BCUT2D eigenvalue weighted by Gasteiger charge is -2.32. The second kappa shape index (κ2) is 5.57. The van der Waals surface area contributed by atoms with Crippen LogP contribution in [0.3, 0.4) is 0 Å². The Labute approximate surface area is 109 Å². The van der Waals surface area contributed by atoms with Crippen LogP contribution in [0.25, 0.3) is 0 Å². The van der Waals surface area contributed by atoms with Gasteiger partial charge >= 0.3 is 5.97 Å². The molecule has 1 aliphatic carbocycles. The van der Waals surface area contributed by atoms with E-state index in [1.165, 1.54) is 4.31 Å². The number of ether oxygens (including phenoxy) is 1. The van der Waals surface area contributed by atoms with Gasteiger partial charge in [0.15, 0.2) is 0 Å². The molecule has 1 saturated carbocycles. The fourth-order valence-corrected chi connectivity index (χ4v) is 4.50. The summed E-state index contributed by atoms with van der Waals surface area (Å²) in [4.78, 5) is 11.8. The molecule has 2 aliphatic rings. The minimum Gasteiger partial charge on any atom is -0.465 e. The van der Waals surface area contributed by atoms with E-state index in [9.17, 15) is 13.2 Å². The summed E-state index contributed by atoms with van der Waals surface area (Å²) in [5.41, 5.74) is 0.